The number of aromatic nitrogens is 3. The number of ether oxygens (including phenoxy) is 1. The molecule has 0 amide bonds. The van der Waals surface area contributed by atoms with Gasteiger partial charge in [-0.15, -0.1) is 5.10 Å². The summed E-state index contributed by atoms with van der Waals surface area (Å²) in [5.74, 6) is 1.35. The maximum absolute atomic E-state index is 9.99. The molecule has 0 fully saturated rings. The zero-order chi connectivity index (χ0) is 19.8. The third kappa shape index (κ3) is 3.18. The van der Waals surface area contributed by atoms with E-state index in [-0.39, 0.29) is 5.75 Å². The monoisotopic (exact) mass is 376 g/mol. The highest BCUT2D eigenvalue weighted by atomic mass is 16.5. The summed E-state index contributed by atoms with van der Waals surface area (Å²) >= 11 is 0. The number of rotatable bonds is 4. The maximum Gasteiger partial charge on any atom is 0.247 e. The molecule has 0 spiro atoms. The second kappa shape index (κ2) is 6.77. The Morgan fingerprint density at radius 2 is 1.71 bits per heavy atom. The lowest BCUT2D eigenvalue weighted by molar-refractivity contribution is 0.409. The van der Waals surface area contributed by atoms with Gasteiger partial charge in [-0.05, 0) is 66.9 Å². The van der Waals surface area contributed by atoms with Crippen molar-refractivity contribution in [3.63, 3.8) is 0 Å². The van der Waals surface area contributed by atoms with Gasteiger partial charge in [0.2, 0.25) is 5.95 Å². The summed E-state index contributed by atoms with van der Waals surface area (Å²) < 4.78 is 6.97. The second-order valence-corrected chi connectivity index (χ2v) is 6.62. The summed E-state index contributed by atoms with van der Waals surface area (Å²) in [6.45, 7) is 3.76. The van der Waals surface area contributed by atoms with Crippen LogP contribution in [-0.2, 0) is 0 Å². The Bertz CT molecular complexity index is 1160. The number of fused-ring (bicyclic) bond motifs is 1. The molecule has 2 aromatic carbocycles. The van der Waals surface area contributed by atoms with Crippen LogP contribution < -0.4 is 10.1 Å². The molecule has 0 aliphatic heterocycles. The van der Waals surface area contributed by atoms with E-state index in [1.807, 2.05) is 44.3 Å². The zero-order valence-electron chi connectivity index (χ0n) is 15.8. The number of benzene rings is 2. The van der Waals surface area contributed by atoms with Crippen molar-refractivity contribution >= 4 is 17.3 Å². The number of aryl methyl sites for hydroxylation is 2. The highest BCUT2D eigenvalue weighted by Gasteiger charge is 2.11. The zero-order valence-corrected chi connectivity index (χ0v) is 15.8. The van der Waals surface area contributed by atoms with Crippen LogP contribution >= 0.6 is 0 Å². The average molecular weight is 376 g/mol. The smallest absolute Gasteiger partial charge is 0.247 e. The average Bonchev–Trinajstić information content (AvgIpc) is 3.08. The van der Waals surface area contributed by atoms with Gasteiger partial charge < -0.3 is 20.3 Å². The Kier molecular flexibility index (Phi) is 4.27. The first-order valence-electron chi connectivity index (χ1n) is 8.75. The number of phenols is 2. The van der Waals surface area contributed by atoms with Gasteiger partial charge in [0, 0.05) is 17.8 Å². The van der Waals surface area contributed by atoms with Gasteiger partial charge in [0.1, 0.15) is 17.2 Å². The van der Waals surface area contributed by atoms with E-state index < -0.39 is 0 Å². The predicted octanol–water partition coefficient (Wildman–Crippen LogP) is 4.18. The van der Waals surface area contributed by atoms with Crippen molar-refractivity contribution in [3.8, 4) is 28.4 Å². The van der Waals surface area contributed by atoms with Crippen LogP contribution in [0.1, 0.15) is 11.1 Å². The van der Waals surface area contributed by atoms with Crippen LogP contribution in [0.3, 0.4) is 0 Å². The standard InChI is InChI=1S/C21H20N4O3/c1-12-8-15(9-13(2)20(12)27)14-4-7-19-23-21(24-25(19)11-14)22-17-6-5-16(26)10-18(17)28-3/h4-11,26-27H,1-3H3,(H,22,24). The number of methoxy groups -OCH3 is 1. The molecular weight excluding hydrogens is 356 g/mol. The minimum Gasteiger partial charge on any atom is -0.508 e. The van der Waals surface area contributed by atoms with Crippen LogP contribution in [0.15, 0.2) is 48.7 Å². The SMILES string of the molecule is COc1cc(O)ccc1Nc1nc2ccc(-c3cc(C)c(O)c(C)c3)cn2n1. The first kappa shape index (κ1) is 17.7. The van der Waals surface area contributed by atoms with Crippen LogP contribution in [-0.4, -0.2) is 31.9 Å². The summed E-state index contributed by atoms with van der Waals surface area (Å²) in [6.07, 6.45) is 1.90. The molecule has 7 nitrogen and oxygen atoms in total. The normalized spacial score (nSPS) is 11.0. The van der Waals surface area contributed by atoms with Gasteiger partial charge in [0.25, 0.3) is 0 Å². The van der Waals surface area contributed by atoms with Crippen LogP contribution in [0.5, 0.6) is 17.2 Å². The Labute approximate surface area is 161 Å². The van der Waals surface area contributed by atoms with Crippen molar-refractivity contribution in [2.75, 3.05) is 12.4 Å². The van der Waals surface area contributed by atoms with Gasteiger partial charge >= 0.3 is 0 Å². The van der Waals surface area contributed by atoms with Crippen molar-refractivity contribution in [1.82, 2.24) is 14.6 Å². The largest absolute Gasteiger partial charge is 0.508 e. The van der Waals surface area contributed by atoms with Crippen LogP contribution in [0, 0.1) is 13.8 Å². The number of phenolic OH excluding ortho intramolecular Hbond substituents is 2. The van der Waals surface area contributed by atoms with Crippen LogP contribution in [0.2, 0.25) is 0 Å². The van der Waals surface area contributed by atoms with Crippen molar-refractivity contribution < 1.29 is 14.9 Å². The number of nitrogens with zero attached hydrogens (tertiary/aromatic N) is 3. The molecule has 142 valence electrons. The van der Waals surface area contributed by atoms with Crippen molar-refractivity contribution in [2.24, 2.45) is 0 Å². The molecular formula is C21H20N4O3. The molecule has 4 rings (SSSR count). The van der Waals surface area contributed by atoms with E-state index in [1.165, 1.54) is 13.2 Å². The molecule has 3 N–H and O–H groups in total. The summed E-state index contributed by atoms with van der Waals surface area (Å²) in [7, 11) is 1.53. The van der Waals surface area contributed by atoms with Crippen LogP contribution in [0.4, 0.5) is 11.6 Å². The van der Waals surface area contributed by atoms with E-state index in [2.05, 4.69) is 15.4 Å². The number of anilines is 2. The fourth-order valence-electron chi connectivity index (χ4n) is 3.13. The minimum absolute atomic E-state index is 0.120. The van der Waals surface area contributed by atoms with E-state index >= 15 is 0 Å². The molecule has 0 atom stereocenters. The number of hydrogen-bond acceptors (Lipinski definition) is 6. The van der Waals surface area contributed by atoms with Gasteiger partial charge in [-0.1, -0.05) is 0 Å². The Morgan fingerprint density at radius 3 is 2.43 bits per heavy atom. The van der Waals surface area contributed by atoms with E-state index in [9.17, 15) is 10.2 Å². The lowest BCUT2D eigenvalue weighted by atomic mass is 10.0. The molecule has 0 bridgehead atoms. The summed E-state index contributed by atoms with van der Waals surface area (Å²) in [5, 5.41) is 27.2. The van der Waals surface area contributed by atoms with E-state index in [0.717, 1.165) is 22.3 Å². The predicted molar refractivity (Wildman–Crippen MR) is 108 cm³/mol. The molecule has 0 unspecified atom stereocenters. The van der Waals surface area contributed by atoms with Gasteiger partial charge in [0.15, 0.2) is 5.65 Å². The third-order valence-electron chi connectivity index (χ3n) is 4.59. The highest BCUT2D eigenvalue weighted by molar-refractivity contribution is 5.69. The minimum atomic E-state index is 0.120. The van der Waals surface area contributed by atoms with E-state index in [4.69, 9.17) is 4.74 Å². The molecule has 2 aromatic heterocycles. The van der Waals surface area contributed by atoms with Gasteiger partial charge in [-0.3, -0.25) is 0 Å². The molecule has 0 saturated heterocycles. The van der Waals surface area contributed by atoms with E-state index in [1.54, 1.807) is 16.6 Å². The Morgan fingerprint density at radius 1 is 0.964 bits per heavy atom. The molecule has 4 aromatic rings. The first-order valence-corrected chi connectivity index (χ1v) is 8.75. The number of pyridine rings is 1. The topological polar surface area (TPSA) is 91.9 Å². The van der Waals surface area contributed by atoms with Crippen molar-refractivity contribution in [2.45, 2.75) is 13.8 Å². The molecule has 0 aliphatic rings. The maximum atomic E-state index is 9.99. The summed E-state index contributed by atoms with van der Waals surface area (Å²) in [5.41, 5.74) is 4.97. The Balaban J connectivity index is 1.69. The molecule has 0 aliphatic carbocycles. The molecule has 28 heavy (non-hydrogen) atoms. The lowest BCUT2D eigenvalue weighted by Gasteiger charge is -2.08. The fourth-order valence-corrected chi connectivity index (χ4v) is 3.13. The first-order chi connectivity index (χ1) is 13.4. The van der Waals surface area contributed by atoms with Crippen molar-refractivity contribution in [1.29, 1.82) is 0 Å². The van der Waals surface area contributed by atoms with Gasteiger partial charge in [0.05, 0.1) is 12.8 Å². The lowest BCUT2D eigenvalue weighted by Crippen LogP contribution is -1.96. The molecule has 0 radical (unpaired) electrons. The Hall–Kier alpha value is -3.74. The third-order valence-corrected chi connectivity index (χ3v) is 4.59. The molecule has 0 saturated carbocycles. The molecule has 2 heterocycles. The second-order valence-electron chi connectivity index (χ2n) is 6.62. The number of nitrogens with one attached hydrogen (secondary N) is 1. The summed E-state index contributed by atoms with van der Waals surface area (Å²) in [6, 6.07) is 12.5. The van der Waals surface area contributed by atoms with E-state index in [0.29, 0.717) is 28.8 Å². The summed E-state index contributed by atoms with van der Waals surface area (Å²) in [4.78, 5) is 4.47. The van der Waals surface area contributed by atoms with Gasteiger partial charge in [-0.25, -0.2) is 4.52 Å². The number of aromatic hydroxyl groups is 2. The number of hydrogen-bond donors (Lipinski definition) is 3. The van der Waals surface area contributed by atoms with Gasteiger partial charge in [-0.2, -0.15) is 4.98 Å². The van der Waals surface area contributed by atoms with Crippen molar-refractivity contribution in [3.05, 3.63) is 59.8 Å². The quantitative estimate of drug-likeness (QED) is 0.463. The van der Waals surface area contributed by atoms with Crippen LogP contribution in [0.25, 0.3) is 16.8 Å². The fraction of sp³-hybridized carbons (Fsp3) is 0.143. The highest BCUT2D eigenvalue weighted by Crippen LogP contribution is 2.31. The molecule has 7 heteroatoms.